The molecule has 2 rings (SSSR count). The molecule has 1 N–H and O–H groups in total. The van der Waals surface area contributed by atoms with E-state index in [9.17, 15) is 0 Å². The number of nitrogens with one attached hydrogen (secondary N) is 1. The van der Waals surface area contributed by atoms with Gasteiger partial charge in [0, 0.05) is 10.6 Å². The lowest BCUT2D eigenvalue weighted by Gasteiger charge is -2.12. The molecule has 0 spiro atoms. The van der Waals surface area contributed by atoms with Crippen molar-refractivity contribution in [2.45, 2.75) is 26.2 Å². The third-order valence-corrected chi connectivity index (χ3v) is 3.72. The predicted molar refractivity (Wildman–Crippen MR) is 102 cm³/mol. The molecule has 2 aromatic carbocycles. The molecule has 0 aliphatic rings. The minimum Gasteiger partial charge on any atom is -0.493 e. The molecule has 0 radical (unpaired) electrons. The van der Waals surface area contributed by atoms with Gasteiger partial charge in [0.15, 0.2) is 0 Å². The van der Waals surface area contributed by atoms with Crippen LogP contribution in [-0.2, 0) is 0 Å². The van der Waals surface area contributed by atoms with E-state index in [-0.39, 0.29) is 12.4 Å². The van der Waals surface area contributed by atoms with E-state index in [0.717, 1.165) is 41.4 Å². The van der Waals surface area contributed by atoms with E-state index in [4.69, 9.17) is 16.3 Å². The molecule has 0 unspecified atom stereocenters. The molecular formula is C19H25Cl2NO. The Morgan fingerprint density at radius 3 is 2.48 bits per heavy atom. The fraction of sp³-hybridized carbons (Fsp3) is 0.368. The summed E-state index contributed by atoms with van der Waals surface area (Å²) in [5, 5.41) is 4.16. The zero-order chi connectivity index (χ0) is 15.6. The lowest BCUT2D eigenvalue weighted by Crippen LogP contribution is -2.18. The SMILES string of the molecule is CCCCNCCCOc1ccc(Cl)cc1-c1ccccc1.Cl. The summed E-state index contributed by atoms with van der Waals surface area (Å²) in [6.07, 6.45) is 3.46. The van der Waals surface area contributed by atoms with Gasteiger partial charge >= 0.3 is 0 Å². The second-order valence-corrected chi connectivity index (χ2v) is 5.75. The van der Waals surface area contributed by atoms with Crippen molar-refractivity contribution in [1.82, 2.24) is 5.32 Å². The molecule has 0 bridgehead atoms. The summed E-state index contributed by atoms with van der Waals surface area (Å²) in [7, 11) is 0. The van der Waals surface area contributed by atoms with Gasteiger partial charge in [-0.1, -0.05) is 55.3 Å². The second kappa shape index (κ2) is 11.3. The lowest BCUT2D eigenvalue weighted by atomic mass is 10.0. The Kier molecular flexibility index (Phi) is 9.77. The molecule has 126 valence electrons. The molecule has 4 heteroatoms. The minimum absolute atomic E-state index is 0. The average molecular weight is 354 g/mol. The molecule has 0 saturated heterocycles. The van der Waals surface area contributed by atoms with Crippen LogP contribution < -0.4 is 10.1 Å². The molecule has 2 nitrogen and oxygen atoms in total. The molecule has 0 aliphatic carbocycles. The Balaban J connectivity index is 0.00000264. The molecule has 0 saturated carbocycles. The smallest absolute Gasteiger partial charge is 0.127 e. The fourth-order valence-corrected chi connectivity index (χ4v) is 2.45. The molecule has 0 atom stereocenters. The van der Waals surface area contributed by atoms with Crippen molar-refractivity contribution < 1.29 is 4.74 Å². The van der Waals surface area contributed by atoms with Gasteiger partial charge in [-0.15, -0.1) is 12.4 Å². The van der Waals surface area contributed by atoms with Crippen LogP contribution in [0.2, 0.25) is 5.02 Å². The van der Waals surface area contributed by atoms with E-state index in [1.807, 2.05) is 36.4 Å². The van der Waals surface area contributed by atoms with Gasteiger partial charge < -0.3 is 10.1 Å². The molecule has 0 fully saturated rings. The third-order valence-electron chi connectivity index (χ3n) is 3.49. The van der Waals surface area contributed by atoms with Crippen molar-refractivity contribution in [2.75, 3.05) is 19.7 Å². The summed E-state index contributed by atoms with van der Waals surface area (Å²) in [4.78, 5) is 0. The first-order chi connectivity index (χ1) is 10.8. The first-order valence-electron chi connectivity index (χ1n) is 7.99. The lowest BCUT2D eigenvalue weighted by molar-refractivity contribution is 0.309. The van der Waals surface area contributed by atoms with Crippen LogP contribution >= 0.6 is 24.0 Å². The Morgan fingerprint density at radius 2 is 1.74 bits per heavy atom. The quantitative estimate of drug-likeness (QED) is 0.593. The van der Waals surface area contributed by atoms with Crippen LogP contribution in [0.3, 0.4) is 0 Å². The number of unbranched alkanes of at least 4 members (excludes halogenated alkanes) is 1. The second-order valence-electron chi connectivity index (χ2n) is 5.31. The van der Waals surface area contributed by atoms with Gasteiger partial charge in [-0.25, -0.2) is 0 Å². The Hall–Kier alpha value is -1.22. The molecule has 23 heavy (non-hydrogen) atoms. The minimum atomic E-state index is 0. The molecular weight excluding hydrogens is 329 g/mol. The number of halogens is 2. The van der Waals surface area contributed by atoms with Gasteiger partial charge in [0.05, 0.1) is 6.61 Å². The average Bonchev–Trinajstić information content (AvgIpc) is 2.56. The number of rotatable bonds is 9. The fourth-order valence-electron chi connectivity index (χ4n) is 2.28. The van der Waals surface area contributed by atoms with Gasteiger partial charge in [0.25, 0.3) is 0 Å². The highest BCUT2D eigenvalue weighted by Crippen LogP contribution is 2.32. The highest BCUT2D eigenvalue weighted by molar-refractivity contribution is 6.31. The maximum absolute atomic E-state index is 6.13. The van der Waals surface area contributed by atoms with E-state index in [1.165, 1.54) is 12.8 Å². The van der Waals surface area contributed by atoms with Gasteiger partial charge in [0.2, 0.25) is 0 Å². The highest BCUT2D eigenvalue weighted by Gasteiger charge is 2.07. The largest absolute Gasteiger partial charge is 0.493 e. The molecule has 0 aliphatic heterocycles. The Labute approximate surface area is 150 Å². The van der Waals surface area contributed by atoms with Crippen molar-refractivity contribution in [3.05, 3.63) is 53.6 Å². The van der Waals surface area contributed by atoms with Crippen LogP contribution in [0, 0.1) is 0 Å². The highest BCUT2D eigenvalue weighted by atomic mass is 35.5. The number of hydrogen-bond donors (Lipinski definition) is 1. The van der Waals surface area contributed by atoms with Crippen LogP contribution in [0.15, 0.2) is 48.5 Å². The molecule has 0 aromatic heterocycles. The summed E-state index contributed by atoms with van der Waals surface area (Å²) < 4.78 is 5.95. The Morgan fingerprint density at radius 1 is 1.00 bits per heavy atom. The maximum Gasteiger partial charge on any atom is 0.127 e. The van der Waals surface area contributed by atoms with Crippen molar-refractivity contribution in [1.29, 1.82) is 0 Å². The summed E-state index contributed by atoms with van der Waals surface area (Å²) >= 11 is 6.13. The molecule has 2 aromatic rings. The Bertz CT molecular complexity index is 561. The van der Waals surface area contributed by atoms with Crippen LogP contribution in [0.1, 0.15) is 26.2 Å². The number of ether oxygens (including phenoxy) is 1. The van der Waals surface area contributed by atoms with Crippen molar-refractivity contribution >= 4 is 24.0 Å². The van der Waals surface area contributed by atoms with Crippen molar-refractivity contribution in [3.63, 3.8) is 0 Å². The predicted octanol–water partition coefficient (Wildman–Crippen LogP) is 5.59. The first kappa shape index (κ1) is 19.8. The van der Waals surface area contributed by atoms with E-state index in [2.05, 4.69) is 24.4 Å². The zero-order valence-corrected chi connectivity index (χ0v) is 15.1. The number of benzene rings is 2. The van der Waals surface area contributed by atoms with Crippen molar-refractivity contribution in [2.24, 2.45) is 0 Å². The molecule has 0 heterocycles. The zero-order valence-electron chi connectivity index (χ0n) is 13.6. The summed E-state index contributed by atoms with van der Waals surface area (Å²) in [6, 6.07) is 16.0. The molecule has 0 amide bonds. The van der Waals surface area contributed by atoms with E-state index in [0.29, 0.717) is 6.61 Å². The van der Waals surface area contributed by atoms with Gasteiger partial charge in [0.1, 0.15) is 5.75 Å². The van der Waals surface area contributed by atoms with Gasteiger partial charge in [-0.3, -0.25) is 0 Å². The van der Waals surface area contributed by atoms with Crippen LogP contribution in [0.5, 0.6) is 5.75 Å². The standard InChI is InChI=1S/C19H24ClNO.ClH/c1-2-3-12-21-13-7-14-22-19-11-10-17(20)15-18(19)16-8-5-4-6-9-16;/h4-6,8-11,15,21H,2-3,7,12-14H2,1H3;1H. The van der Waals surface area contributed by atoms with Crippen LogP contribution in [0.25, 0.3) is 11.1 Å². The van der Waals surface area contributed by atoms with E-state index >= 15 is 0 Å². The van der Waals surface area contributed by atoms with E-state index < -0.39 is 0 Å². The van der Waals surface area contributed by atoms with Crippen LogP contribution in [-0.4, -0.2) is 19.7 Å². The van der Waals surface area contributed by atoms with Gasteiger partial charge in [-0.05, 0) is 49.7 Å². The van der Waals surface area contributed by atoms with E-state index in [1.54, 1.807) is 0 Å². The summed E-state index contributed by atoms with van der Waals surface area (Å²) in [5.74, 6) is 0.893. The van der Waals surface area contributed by atoms with Gasteiger partial charge in [-0.2, -0.15) is 0 Å². The summed E-state index contributed by atoms with van der Waals surface area (Å²) in [5.41, 5.74) is 2.17. The normalized spacial score (nSPS) is 10.2. The topological polar surface area (TPSA) is 21.3 Å². The van der Waals surface area contributed by atoms with Crippen molar-refractivity contribution in [3.8, 4) is 16.9 Å². The number of hydrogen-bond acceptors (Lipinski definition) is 2. The first-order valence-corrected chi connectivity index (χ1v) is 8.37. The van der Waals surface area contributed by atoms with Crippen LogP contribution in [0.4, 0.5) is 0 Å². The summed E-state index contributed by atoms with van der Waals surface area (Å²) in [6.45, 7) is 5.00. The monoisotopic (exact) mass is 353 g/mol. The maximum atomic E-state index is 6.13. The third kappa shape index (κ3) is 6.82.